The summed E-state index contributed by atoms with van der Waals surface area (Å²) in [5.74, 6) is -13.6. The number of carboxylic acids is 4. The molecule has 3 saturated heterocycles. The fraction of sp³-hybridized carbons (Fsp3) is 0.643. The number of carboxylic acid groups (broad SMARTS) is 4. The van der Waals surface area contributed by atoms with Crippen molar-refractivity contribution >= 4 is 71.1 Å². The minimum Gasteiger partial charge on any atom is -0.481 e. The molecule has 0 aromatic carbocycles. The van der Waals surface area contributed by atoms with Gasteiger partial charge in [-0.05, 0) is 57.8 Å². The summed E-state index contributed by atoms with van der Waals surface area (Å²) in [7, 11) is 0. The lowest BCUT2D eigenvalue weighted by molar-refractivity contribution is -0.149. The van der Waals surface area contributed by atoms with E-state index in [2.05, 4.69) is 36.6 Å². The second-order valence-corrected chi connectivity index (χ2v) is 17.6. The van der Waals surface area contributed by atoms with E-state index in [-0.39, 0.29) is 45.3 Å². The van der Waals surface area contributed by atoms with E-state index in [4.69, 9.17) is 10.8 Å². The Morgan fingerprint density at radius 1 is 0.638 bits per heavy atom. The summed E-state index contributed by atoms with van der Waals surface area (Å²) < 4.78 is 0. The number of hydrogen-bond acceptors (Lipinski definition) is 14. The van der Waals surface area contributed by atoms with Gasteiger partial charge in [0, 0.05) is 38.7 Å². The first kappa shape index (κ1) is 54.4. The van der Waals surface area contributed by atoms with Crippen molar-refractivity contribution in [2.24, 2.45) is 11.7 Å². The van der Waals surface area contributed by atoms with Crippen LogP contribution in [0.5, 0.6) is 0 Å². The van der Waals surface area contributed by atoms with Gasteiger partial charge in [0.25, 0.3) is 0 Å². The molecule has 1 aromatic heterocycles. The highest BCUT2D eigenvalue weighted by molar-refractivity contribution is 6.00. The number of aromatic nitrogens is 2. The summed E-state index contributed by atoms with van der Waals surface area (Å²) in [4.78, 5) is 166. The highest BCUT2D eigenvalue weighted by atomic mass is 16.4. The third kappa shape index (κ3) is 14.9. The molecular weight excluding hydrogens is 915 g/mol. The van der Waals surface area contributed by atoms with Gasteiger partial charge >= 0.3 is 23.9 Å². The predicted octanol–water partition coefficient (Wildman–Crippen LogP) is -3.75. The Kier molecular flexibility index (Phi) is 19.5. The van der Waals surface area contributed by atoms with Crippen molar-refractivity contribution in [3.8, 4) is 0 Å². The summed E-state index contributed by atoms with van der Waals surface area (Å²) in [6, 6.07) is -12.5. The quantitative estimate of drug-likeness (QED) is 0.0474. The zero-order chi connectivity index (χ0) is 51.3. The van der Waals surface area contributed by atoms with Crippen LogP contribution in [-0.2, 0) is 64.0 Å². The van der Waals surface area contributed by atoms with Crippen molar-refractivity contribution in [3.05, 3.63) is 18.2 Å². The smallest absolute Gasteiger partial charge is 0.326 e. The average Bonchev–Trinajstić information content (AvgIpc) is 4.13. The molecule has 69 heavy (non-hydrogen) atoms. The number of hydrogen-bond donors (Lipinski definition) is 11. The SMILES string of the molecule is CC(C)[C@H](NC(=O)[C@H](CC(=O)O)NC(=O)[C@H](CC(=O)O)NC(=O)[C@@H]1CCCN1C(=O)[C@H](C)N)C(=O)N[C@@H](Cc1c[nH]cn1)C(=O)N1CCC[C@H]1C(=O)N1CCC[C@H]1C(=O)N[C@@H](CCC(=O)O)C(=O)O. The van der Waals surface area contributed by atoms with Gasteiger partial charge in [0.15, 0.2) is 0 Å². The lowest BCUT2D eigenvalue weighted by atomic mass is 10.0. The Morgan fingerprint density at radius 3 is 1.64 bits per heavy atom. The molecule has 1 aromatic rings. The topological polar surface area (TPSA) is 410 Å². The summed E-state index contributed by atoms with van der Waals surface area (Å²) >= 11 is 0. The summed E-state index contributed by atoms with van der Waals surface area (Å²) in [5.41, 5.74) is 6.02. The first-order chi connectivity index (χ1) is 32.5. The monoisotopic (exact) mass is 975 g/mol. The number of rotatable bonds is 24. The van der Waals surface area contributed by atoms with Gasteiger partial charge in [-0.15, -0.1) is 0 Å². The van der Waals surface area contributed by atoms with Crippen LogP contribution in [0.2, 0.25) is 0 Å². The molecule has 3 aliphatic rings. The van der Waals surface area contributed by atoms with Gasteiger partial charge in [0.05, 0.1) is 30.9 Å². The zero-order valence-corrected chi connectivity index (χ0v) is 38.4. The van der Waals surface area contributed by atoms with Gasteiger partial charge in [-0.1, -0.05) is 13.8 Å². The third-order valence-corrected chi connectivity index (χ3v) is 12.0. The zero-order valence-electron chi connectivity index (χ0n) is 38.4. The summed E-state index contributed by atoms with van der Waals surface area (Å²) in [6.07, 6.45) is 1.18. The van der Waals surface area contributed by atoms with E-state index in [1.54, 1.807) is 0 Å². The van der Waals surface area contributed by atoms with E-state index in [1.807, 2.05) is 0 Å². The van der Waals surface area contributed by atoms with E-state index < -0.39 is 157 Å². The molecule has 27 heteroatoms. The maximum Gasteiger partial charge on any atom is 0.326 e. The molecule has 8 amide bonds. The molecule has 4 heterocycles. The van der Waals surface area contributed by atoms with Crippen molar-refractivity contribution in [2.75, 3.05) is 19.6 Å². The minimum atomic E-state index is -1.94. The number of aromatic amines is 1. The molecule has 9 atom stereocenters. The third-order valence-electron chi connectivity index (χ3n) is 12.0. The molecule has 0 spiro atoms. The molecule has 3 aliphatic heterocycles. The number of nitrogens with zero attached hydrogens (tertiary/aromatic N) is 4. The maximum absolute atomic E-state index is 14.5. The summed E-state index contributed by atoms with van der Waals surface area (Å²) in [6.45, 7) is 4.78. The Hall–Kier alpha value is -7.19. The molecule has 0 saturated carbocycles. The van der Waals surface area contributed by atoms with Gasteiger partial charge in [0.2, 0.25) is 47.3 Å². The van der Waals surface area contributed by atoms with E-state index >= 15 is 0 Å². The van der Waals surface area contributed by atoms with Crippen LogP contribution in [0.4, 0.5) is 0 Å². The van der Waals surface area contributed by atoms with E-state index in [9.17, 15) is 72.9 Å². The fourth-order valence-corrected chi connectivity index (χ4v) is 8.51. The Morgan fingerprint density at radius 2 is 1.13 bits per heavy atom. The molecule has 3 fully saturated rings. The molecule has 4 rings (SSSR count). The first-order valence-electron chi connectivity index (χ1n) is 22.5. The first-order valence-corrected chi connectivity index (χ1v) is 22.5. The van der Waals surface area contributed by atoms with Gasteiger partial charge in [-0.25, -0.2) is 9.78 Å². The second-order valence-electron chi connectivity index (χ2n) is 17.6. The van der Waals surface area contributed by atoms with Crippen LogP contribution < -0.4 is 32.3 Å². The molecule has 0 bridgehead atoms. The molecule has 380 valence electrons. The van der Waals surface area contributed by atoms with Crippen LogP contribution in [0.25, 0.3) is 0 Å². The normalized spacial score (nSPS) is 20.4. The van der Waals surface area contributed by atoms with Crippen molar-refractivity contribution in [3.63, 3.8) is 0 Å². The highest BCUT2D eigenvalue weighted by Crippen LogP contribution is 2.27. The molecule has 0 unspecified atom stereocenters. The molecule has 0 aliphatic carbocycles. The maximum atomic E-state index is 14.5. The molecular formula is C42H61N11O16. The van der Waals surface area contributed by atoms with E-state index in [0.717, 1.165) is 0 Å². The standard InChI is InChI=1S/C42H61N11O16/c1-20(2)33(50-35(61)25(17-32(58)59)47-34(60)24(16-31(56)57)48-37(63)27-7-4-12-51(27)39(65)21(3)43)38(64)49-26(15-22-18-44-19-45-22)40(66)53-14-6-9-29(53)41(67)52-13-5-8-28(52)36(62)46-23(42(68)69)10-11-30(54)55/h18-21,23-29,33H,4-17,43H2,1-3H3,(H,44,45)(H,46,62)(H,47,60)(H,48,63)(H,49,64)(H,50,61)(H,54,55)(H,56,57)(H,58,59)(H,68,69)/t21-,23-,24-,25-,26-,27-,28-,29-,33-/m0/s1. The van der Waals surface area contributed by atoms with Gasteiger partial charge in [0.1, 0.15) is 48.3 Å². The van der Waals surface area contributed by atoms with Gasteiger partial charge in [-0.2, -0.15) is 0 Å². The van der Waals surface area contributed by atoms with Gasteiger partial charge in [-0.3, -0.25) is 52.7 Å². The summed E-state index contributed by atoms with van der Waals surface area (Å²) in [5, 5.41) is 49.7. The van der Waals surface area contributed by atoms with Crippen LogP contribution in [0, 0.1) is 5.92 Å². The predicted molar refractivity (Wildman–Crippen MR) is 234 cm³/mol. The van der Waals surface area contributed by atoms with Crippen molar-refractivity contribution in [1.29, 1.82) is 0 Å². The average molecular weight is 976 g/mol. The Balaban J connectivity index is 1.51. The van der Waals surface area contributed by atoms with Crippen LogP contribution in [-0.4, -0.2) is 190 Å². The number of carbonyl (C=O) groups excluding carboxylic acids is 8. The van der Waals surface area contributed by atoms with Crippen molar-refractivity contribution in [1.82, 2.24) is 51.3 Å². The highest BCUT2D eigenvalue weighted by Gasteiger charge is 2.45. The second kappa shape index (κ2) is 24.7. The van der Waals surface area contributed by atoms with Crippen LogP contribution in [0.15, 0.2) is 12.5 Å². The molecule has 0 radical (unpaired) electrons. The molecule has 12 N–H and O–H groups in total. The van der Waals surface area contributed by atoms with Crippen LogP contribution >= 0.6 is 0 Å². The number of carbonyl (C=O) groups is 12. The van der Waals surface area contributed by atoms with Crippen LogP contribution in [0.3, 0.4) is 0 Å². The number of nitrogens with two attached hydrogens (primary N) is 1. The van der Waals surface area contributed by atoms with Crippen molar-refractivity contribution < 1.29 is 78.0 Å². The fourth-order valence-electron chi connectivity index (χ4n) is 8.51. The lowest BCUT2D eigenvalue weighted by Crippen LogP contribution is -2.61. The largest absolute Gasteiger partial charge is 0.481 e. The van der Waals surface area contributed by atoms with Crippen LogP contribution in [0.1, 0.15) is 90.7 Å². The molecule has 27 nitrogen and oxygen atoms in total. The van der Waals surface area contributed by atoms with E-state index in [0.29, 0.717) is 25.0 Å². The van der Waals surface area contributed by atoms with Crippen molar-refractivity contribution in [2.45, 2.75) is 146 Å². The number of aliphatic carboxylic acids is 4. The number of imidazole rings is 1. The minimum absolute atomic E-state index is 0.0529. The Labute approximate surface area is 395 Å². The van der Waals surface area contributed by atoms with E-state index in [1.165, 1.54) is 48.0 Å². The number of H-pyrrole nitrogens is 1. The number of likely N-dealkylation sites (tertiary alicyclic amines) is 3. The number of nitrogens with one attached hydrogen (secondary N) is 6. The lowest BCUT2D eigenvalue weighted by Gasteiger charge is -2.33. The Bertz CT molecular complexity index is 2120. The van der Waals surface area contributed by atoms with Gasteiger partial charge < -0.3 is 72.4 Å². The number of amides is 8.